The molecule has 1 saturated carbocycles. The Labute approximate surface area is 130 Å². The van der Waals surface area contributed by atoms with Crippen LogP contribution in [0.25, 0.3) is 5.57 Å². The highest BCUT2D eigenvalue weighted by atomic mass is 16.5. The van der Waals surface area contributed by atoms with E-state index in [1.165, 1.54) is 0 Å². The predicted octanol–water partition coefficient (Wildman–Crippen LogP) is 2.36. The molecule has 1 heterocycles. The molecule has 22 heavy (non-hydrogen) atoms. The van der Waals surface area contributed by atoms with E-state index in [1.54, 1.807) is 27.4 Å². The Morgan fingerprint density at radius 1 is 1.14 bits per heavy atom. The van der Waals surface area contributed by atoms with Crippen LogP contribution in [0.15, 0.2) is 24.0 Å². The van der Waals surface area contributed by atoms with Crippen LogP contribution in [0.3, 0.4) is 0 Å². The number of nitrogens with one attached hydrogen (secondary N) is 1. The van der Waals surface area contributed by atoms with Crippen molar-refractivity contribution in [3.8, 4) is 11.5 Å². The van der Waals surface area contributed by atoms with E-state index >= 15 is 0 Å². The van der Waals surface area contributed by atoms with E-state index in [1.807, 2.05) is 19.1 Å². The summed E-state index contributed by atoms with van der Waals surface area (Å²) >= 11 is 0. The number of carbonyl (C=O) groups excluding carboxylic acids is 1. The fourth-order valence-corrected chi connectivity index (χ4v) is 3.23. The van der Waals surface area contributed by atoms with Gasteiger partial charge in [0.25, 0.3) is 5.91 Å². The highest BCUT2D eigenvalue weighted by Crippen LogP contribution is 2.49. The van der Waals surface area contributed by atoms with E-state index in [2.05, 4.69) is 5.32 Å². The van der Waals surface area contributed by atoms with Gasteiger partial charge in [-0.25, -0.2) is 0 Å². The van der Waals surface area contributed by atoms with Crippen molar-refractivity contribution in [2.75, 3.05) is 21.3 Å². The molecule has 1 atom stereocenters. The van der Waals surface area contributed by atoms with Gasteiger partial charge in [-0.2, -0.15) is 0 Å². The van der Waals surface area contributed by atoms with E-state index in [-0.39, 0.29) is 5.91 Å². The first-order valence-corrected chi connectivity index (χ1v) is 7.38. The van der Waals surface area contributed by atoms with Gasteiger partial charge in [0.2, 0.25) is 0 Å². The van der Waals surface area contributed by atoms with Gasteiger partial charge in [-0.3, -0.25) is 4.79 Å². The number of rotatable bonds is 5. The fourth-order valence-electron chi connectivity index (χ4n) is 3.23. The van der Waals surface area contributed by atoms with Crippen molar-refractivity contribution in [1.82, 2.24) is 5.32 Å². The molecule has 0 saturated heterocycles. The molecular formula is C17H21NO4. The molecule has 0 spiro atoms. The lowest BCUT2D eigenvalue weighted by Gasteiger charge is -2.26. The minimum atomic E-state index is -0.424. The summed E-state index contributed by atoms with van der Waals surface area (Å²) in [5.41, 5.74) is 0.852. The highest BCUT2D eigenvalue weighted by Gasteiger charge is 2.52. The van der Waals surface area contributed by atoms with Gasteiger partial charge >= 0.3 is 0 Å². The predicted molar refractivity (Wildman–Crippen MR) is 82.7 cm³/mol. The van der Waals surface area contributed by atoms with E-state index in [9.17, 15) is 4.79 Å². The first-order chi connectivity index (χ1) is 10.5. The van der Waals surface area contributed by atoms with Crippen molar-refractivity contribution >= 4 is 11.5 Å². The molecule has 2 aliphatic rings. The van der Waals surface area contributed by atoms with Crippen LogP contribution in [0, 0.1) is 5.92 Å². The molecule has 5 nitrogen and oxygen atoms in total. The quantitative estimate of drug-likeness (QED) is 0.907. The molecular weight excluding hydrogens is 282 g/mol. The van der Waals surface area contributed by atoms with Gasteiger partial charge in [-0.15, -0.1) is 0 Å². The maximum atomic E-state index is 12.6. The molecule has 1 amide bonds. The fraction of sp³-hybridized carbons (Fsp3) is 0.471. The Morgan fingerprint density at radius 3 is 2.41 bits per heavy atom. The zero-order valence-electron chi connectivity index (χ0n) is 13.4. The van der Waals surface area contributed by atoms with Gasteiger partial charge in [0.05, 0.1) is 32.4 Å². The number of hydrogen-bond donors (Lipinski definition) is 1. The Kier molecular flexibility index (Phi) is 3.51. The lowest BCUT2D eigenvalue weighted by molar-refractivity contribution is -0.116. The molecule has 1 aromatic carbocycles. The van der Waals surface area contributed by atoms with Gasteiger partial charge in [-0.05, 0) is 37.8 Å². The van der Waals surface area contributed by atoms with E-state index in [0.717, 1.165) is 18.4 Å². The lowest BCUT2D eigenvalue weighted by atomic mass is 9.92. The molecule has 1 aromatic rings. The molecule has 0 bridgehead atoms. The number of hydrogen-bond acceptors (Lipinski definition) is 4. The van der Waals surface area contributed by atoms with Crippen LogP contribution in [-0.2, 0) is 9.53 Å². The molecule has 1 N–H and O–H groups in total. The Morgan fingerprint density at radius 2 is 1.86 bits per heavy atom. The van der Waals surface area contributed by atoms with E-state index in [0.29, 0.717) is 28.7 Å². The molecule has 5 heteroatoms. The van der Waals surface area contributed by atoms with E-state index < -0.39 is 5.54 Å². The lowest BCUT2D eigenvalue weighted by Crippen LogP contribution is -2.44. The van der Waals surface area contributed by atoms with Gasteiger partial charge in [0.1, 0.15) is 17.3 Å². The standard InChI is InChI=1S/C17H21NO4/c1-17(10-5-6-10)15(22-4)14(16(19)18-17)12-8-7-11(20-2)9-13(12)21-3/h7-10H,5-6H2,1-4H3,(H,18,19). The third-order valence-corrected chi connectivity index (χ3v) is 4.58. The van der Waals surface area contributed by atoms with Gasteiger partial charge in [0, 0.05) is 11.6 Å². The molecule has 1 aliphatic carbocycles. The van der Waals surface area contributed by atoms with Gasteiger partial charge in [0.15, 0.2) is 0 Å². The maximum Gasteiger partial charge on any atom is 0.256 e. The van der Waals surface area contributed by atoms with Crippen LogP contribution >= 0.6 is 0 Å². The summed E-state index contributed by atoms with van der Waals surface area (Å²) in [6.45, 7) is 2.03. The third-order valence-electron chi connectivity index (χ3n) is 4.58. The van der Waals surface area contributed by atoms with Crippen LogP contribution in [-0.4, -0.2) is 32.8 Å². The molecule has 0 radical (unpaired) electrons. The maximum absolute atomic E-state index is 12.6. The highest BCUT2D eigenvalue weighted by molar-refractivity contribution is 6.24. The number of methoxy groups -OCH3 is 3. The van der Waals surface area contributed by atoms with E-state index in [4.69, 9.17) is 14.2 Å². The first kappa shape index (κ1) is 14.8. The van der Waals surface area contributed by atoms with Crippen molar-refractivity contribution in [3.63, 3.8) is 0 Å². The minimum Gasteiger partial charge on any atom is -0.498 e. The van der Waals surface area contributed by atoms with Crippen LogP contribution in [0.1, 0.15) is 25.3 Å². The van der Waals surface area contributed by atoms with Crippen LogP contribution < -0.4 is 14.8 Å². The second kappa shape index (κ2) is 5.23. The normalized spacial score (nSPS) is 24.3. The third kappa shape index (κ3) is 2.12. The molecule has 0 aromatic heterocycles. The SMILES string of the molecule is COC1=C(c2ccc(OC)cc2OC)C(=O)NC1(C)C1CC1. The number of ether oxygens (including phenoxy) is 3. The number of carbonyl (C=O) groups is 1. The molecule has 3 rings (SSSR count). The first-order valence-electron chi connectivity index (χ1n) is 7.38. The van der Waals surface area contributed by atoms with Crippen molar-refractivity contribution in [1.29, 1.82) is 0 Å². The monoisotopic (exact) mass is 303 g/mol. The summed E-state index contributed by atoms with van der Waals surface area (Å²) in [5.74, 6) is 2.30. The average Bonchev–Trinajstić information content (AvgIpc) is 3.33. The Balaban J connectivity index is 2.14. The van der Waals surface area contributed by atoms with Crippen LogP contribution in [0.2, 0.25) is 0 Å². The number of benzene rings is 1. The number of amides is 1. The smallest absolute Gasteiger partial charge is 0.256 e. The second-order valence-corrected chi connectivity index (χ2v) is 5.91. The summed E-state index contributed by atoms with van der Waals surface area (Å²) in [5, 5.41) is 3.10. The average molecular weight is 303 g/mol. The summed E-state index contributed by atoms with van der Waals surface area (Å²) < 4.78 is 16.3. The Hall–Kier alpha value is -2.17. The van der Waals surface area contributed by atoms with Gasteiger partial charge < -0.3 is 19.5 Å². The van der Waals surface area contributed by atoms with Crippen molar-refractivity contribution < 1.29 is 19.0 Å². The largest absolute Gasteiger partial charge is 0.498 e. The molecule has 1 fully saturated rings. The summed E-state index contributed by atoms with van der Waals surface area (Å²) in [4.78, 5) is 12.6. The summed E-state index contributed by atoms with van der Waals surface area (Å²) in [7, 11) is 4.80. The summed E-state index contributed by atoms with van der Waals surface area (Å²) in [6.07, 6.45) is 2.22. The second-order valence-electron chi connectivity index (χ2n) is 5.91. The van der Waals surface area contributed by atoms with Crippen LogP contribution in [0.4, 0.5) is 0 Å². The van der Waals surface area contributed by atoms with Crippen molar-refractivity contribution in [2.45, 2.75) is 25.3 Å². The summed E-state index contributed by atoms with van der Waals surface area (Å²) in [6, 6.07) is 5.43. The molecule has 1 unspecified atom stereocenters. The van der Waals surface area contributed by atoms with Crippen molar-refractivity contribution in [2.24, 2.45) is 5.92 Å². The molecule has 118 valence electrons. The minimum absolute atomic E-state index is 0.116. The van der Waals surface area contributed by atoms with Crippen LogP contribution in [0.5, 0.6) is 11.5 Å². The zero-order chi connectivity index (χ0) is 15.9. The Bertz CT molecular complexity index is 648. The van der Waals surface area contributed by atoms with Crippen molar-refractivity contribution in [3.05, 3.63) is 29.5 Å². The topological polar surface area (TPSA) is 56.8 Å². The van der Waals surface area contributed by atoms with Gasteiger partial charge in [-0.1, -0.05) is 0 Å². The zero-order valence-corrected chi connectivity index (χ0v) is 13.4. The molecule has 1 aliphatic heterocycles.